The highest BCUT2D eigenvalue weighted by Gasteiger charge is 2.38. The topological polar surface area (TPSA) is 81.7 Å². The lowest BCUT2D eigenvalue weighted by Gasteiger charge is -2.32. The zero-order chi connectivity index (χ0) is 21.6. The summed E-state index contributed by atoms with van der Waals surface area (Å²) in [5.74, 6) is 0.0354. The van der Waals surface area contributed by atoms with Crippen LogP contribution in [0.5, 0.6) is 0 Å². The van der Waals surface area contributed by atoms with E-state index in [-0.39, 0.29) is 12.5 Å². The van der Waals surface area contributed by atoms with Crippen LogP contribution in [0.2, 0.25) is 0 Å². The molecule has 0 spiro atoms. The molecule has 3 N–H and O–H groups in total. The van der Waals surface area contributed by atoms with Crippen molar-refractivity contribution in [3.63, 3.8) is 0 Å². The van der Waals surface area contributed by atoms with Gasteiger partial charge in [0.15, 0.2) is 0 Å². The first-order chi connectivity index (χ1) is 15.1. The monoisotopic (exact) mass is 421 g/mol. The summed E-state index contributed by atoms with van der Waals surface area (Å²) in [6, 6.07) is 18.9. The van der Waals surface area contributed by atoms with E-state index in [0.29, 0.717) is 17.5 Å². The highest BCUT2D eigenvalue weighted by molar-refractivity contribution is 5.95. The highest BCUT2D eigenvalue weighted by atomic mass is 16.4. The summed E-state index contributed by atoms with van der Waals surface area (Å²) in [6.07, 6.45) is 3.68. The molecule has 2 aromatic rings. The Balaban J connectivity index is 1.15. The fraction of sp³-hybridized carbons (Fsp3) is 0.440. The van der Waals surface area contributed by atoms with E-state index < -0.39 is 5.97 Å². The van der Waals surface area contributed by atoms with Gasteiger partial charge in [-0.15, -0.1) is 0 Å². The van der Waals surface area contributed by atoms with Crippen LogP contribution >= 0.6 is 0 Å². The molecule has 1 aliphatic carbocycles. The molecule has 1 saturated heterocycles. The number of carboxylic acids is 1. The lowest BCUT2D eigenvalue weighted by atomic mass is 9.96. The predicted octanol–water partition coefficient (Wildman–Crippen LogP) is 2.86. The van der Waals surface area contributed by atoms with Crippen LogP contribution in [0.1, 0.15) is 46.7 Å². The summed E-state index contributed by atoms with van der Waals surface area (Å²) in [6.45, 7) is 3.83. The predicted molar refractivity (Wildman–Crippen MR) is 120 cm³/mol. The van der Waals surface area contributed by atoms with Gasteiger partial charge in [0.25, 0.3) is 5.91 Å². The van der Waals surface area contributed by atoms with Gasteiger partial charge in [-0.25, -0.2) is 0 Å². The number of carbonyl (C=O) groups is 2. The molecular weight excluding hydrogens is 390 g/mol. The number of hydrogen-bond acceptors (Lipinski definition) is 4. The minimum atomic E-state index is -1.04. The van der Waals surface area contributed by atoms with Gasteiger partial charge < -0.3 is 15.7 Å². The summed E-state index contributed by atoms with van der Waals surface area (Å²) in [7, 11) is 0. The van der Waals surface area contributed by atoms with Gasteiger partial charge in [-0.1, -0.05) is 42.5 Å². The number of carbonyl (C=O) groups excluding carboxylic acids is 1. The number of aliphatic carboxylic acids is 1. The van der Waals surface area contributed by atoms with Crippen molar-refractivity contribution >= 4 is 11.9 Å². The van der Waals surface area contributed by atoms with E-state index in [1.165, 1.54) is 30.4 Å². The van der Waals surface area contributed by atoms with Gasteiger partial charge in [0.1, 0.15) is 6.54 Å². The summed E-state index contributed by atoms with van der Waals surface area (Å²) >= 11 is 0. The van der Waals surface area contributed by atoms with Crippen molar-refractivity contribution in [3.05, 3.63) is 71.3 Å². The first kappa shape index (κ1) is 21.5. The minimum Gasteiger partial charge on any atom is -0.480 e. The van der Waals surface area contributed by atoms with E-state index >= 15 is 0 Å². The van der Waals surface area contributed by atoms with Crippen LogP contribution in [0, 0.1) is 5.92 Å². The third-order valence-electron chi connectivity index (χ3n) is 6.42. The van der Waals surface area contributed by atoms with Crippen LogP contribution in [-0.4, -0.2) is 54.1 Å². The summed E-state index contributed by atoms with van der Waals surface area (Å²) in [5, 5.41) is 14.8. The first-order valence-electron chi connectivity index (χ1n) is 11.2. The molecule has 0 bridgehead atoms. The Kier molecular flexibility index (Phi) is 6.99. The molecule has 0 aromatic heterocycles. The number of likely N-dealkylation sites (tertiary alicyclic amines) is 1. The summed E-state index contributed by atoms with van der Waals surface area (Å²) in [5.41, 5.74) is 3.12. The van der Waals surface area contributed by atoms with Crippen molar-refractivity contribution in [3.8, 4) is 0 Å². The third-order valence-corrected chi connectivity index (χ3v) is 6.42. The Morgan fingerprint density at radius 2 is 1.71 bits per heavy atom. The average Bonchev–Trinajstić information content (AvgIpc) is 3.58. The number of nitrogens with one attached hydrogen (secondary N) is 2. The Bertz CT molecular complexity index is 877. The van der Waals surface area contributed by atoms with Crippen LogP contribution in [0.15, 0.2) is 54.6 Å². The number of hydrogen-bond donors (Lipinski definition) is 3. The van der Waals surface area contributed by atoms with Crippen LogP contribution in [0.25, 0.3) is 0 Å². The normalized spacial score (nSPS) is 21.5. The SMILES string of the molecule is O=C(O)CNC(=O)c1ccc(CN2CCC(CN[C@@H]3C[C@H]3c3ccccc3)CC2)cc1. The van der Waals surface area contributed by atoms with E-state index in [2.05, 4.69) is 45.9 Å². The largest absolute Gasteiger partial charge is 0.480 e. The fourth-order valence-electron chi connectivity index (χ4n) is 4.43. The molecule has 2 atom stereocenters. The fourth-order valence-corrected chi connectivity index (χ4v) is 4.43. The molecule has 1 heterocycles. The molecule has 0 unspecified atom stereocenters. The molecule has 1 saturated carbocycles. The molecule has 1 amide bonds. The maximum Gasteiger partial charge on any atom is 0.322 e. The molecule has 0 radical (unpaired) electrons. The Labute approximate surface area is 183 Å². The van der Waals surface area contributed by atoms with E-state index in [0.717, 1.165) is 32.1 Å². The second kappa shape index (κ2) is 10.1. The molecule has 2 fully saturated rings. The molecular formula is C25H31N3O3. The second-order valence-corrected chi connectivity index (χ2v) is 8.76. The number of piperidine rings is 1. The van der Waals surface area contributed by atoms with Crippen molar-refractivity contribution in [2.75, 3.05) is 26.2 Å². The van der Waals surface area contributed by atoms with E-state index in [4.69, 9.17) is 5.11 Å². The number of nitrogens with zero attached hydrogens (tertiary/aromatic N) is 1. The van der Waals surface area contributed by atoms with E-state index in [9.17, 15) is 9.59 Å². The van der Waals surface area contributed by atoms with Crippen LogP contribution in [0.4, 0.5) is 0 Å². The van der Waals surface area contributed by atoms with Crippen LogP contribution < -0.4 is 10.6 Å². The van der Waals surface area contributed by atoms with Crippen molar-refractivity contribution in [2.45, 2.75) is 37.8 Å². The second-order valence-electron chi connectivity index (χ2n) is 8.76. The average molecular weight is 422 g/mol. The first-order valence-corrected chi connectivity index (χ1v) is 11.2. The minimum absolute atomic E-state index is 0.354. The van der Waals surface area contributed by atoms with Gasteiger partial charge in [0, 0.05) is 24.1 Å². The van der Waals surface area contributed by atoms with Gasteiger partial charge >= 0.3 is 5.97 Å². The van der Waals surface area contributed by atoms with E-state index in [1.807, 2.05) is 12.1 Å². The number of carboxylic acid groups (broad SMARTS) is 1. The van der Waals surface area contributed by atoms with Crippen molar-refractivity contribution in [2.24, 2.45) is 5.92 Å². The molecule has 164 valence electrons. The number of rotatable bonds is 9. The maximum absolute atomic E-state index is 11.9. The van der Waals surface area contributed by atoms with Gasteiger partial charge in [-0.2, -0.15) is 0 Å². The van der Waals surface area contributed by atoms with E-state index in [1.54, 1.807) is 12.1 Å². The van der Waals surface area contributed by atoms with Gasteiger partial charge in [-0.3, -0.25) is 14.5 Å². The number of amides is 1. The van der Waals surface area contributed by atoms with Gasteiger partial charge in [0.05, 0.1) is 0 Å². The molecule has 2 aliphatic rings. The molecule has 2 aromatic carbocycles. The molecule has 6 heteroatoms. The molecule has 1 aliphatic heterocycles. The van der Waals surface area contributed by atoms with Gasteiger partial charge in [0.2, 0.25) is 0 Å². The number of benzene rings is 2. The van der Waals surface area contributed by atoms with Crippen molar-refractivity contribution in [1.29, 1.82) is 0 Å². The molecule has 6 nitrogen and oxygen atoms in total. The zero-order valence-corrected chi connectivity index (χ0v) is 17.8. The van der Waals surface area contributed by atoms with Gasteiger partial charge in [-0.05, 0) is 68.1 Å². The highest BCUT2D eigenvalue weighted by Crippen LogP contribution is 2.40. The lowest BCUT2D eigenvalue weighted by molar-refractivity contribution is -0.135. The Morgan fingerprint density at radius 1 is 1.00 bits per heavy atom. The lowest BCUT2D eigenvalue weighted by Crippen LogP contribution is -2.37. The smallest absolute Gasteiger partial charge is 0.322 e. The van der Waals surface area contributed by atoms with Crippen molar-refractivity contribution < 1.29 is 14.7 Å². The Hall–Kier alpha value is -2.70. The zero-order valence-electron chi connectivity index (χ0n) is 17.8. The molecule has 4 rings (SSSR count). The standard InChI is InChI=1S/C25H31N3O3/c29-24(30)16-27-25(31)21-8-6-19(7-9-21)17-28-12-10-18(11-13-28)15-26-23-14-22(23)20-4-2-1-3-5-20/h1-9,18,22-23,26H,10-17H2,(H,27,31)(H,29,30)/t22-,23+/m0/s1. The third kappa shape index (κ3) is 6.15. The Morgan fingerprint density at radius 3 is 2.39 bits per heavy atom. The van der Waals surface area contributed by atoms with Crippen LogP contribution in [0.3, 0.4) is 0 Å². The molecule has 31 heavy (non-hydrogen) atoms. The van der Waals surface area contributed by atoms with Crippen molar-refractivity contribution in [1.82, 2.24) is 15.5 Å². The summed E-state index contributed by atoms with van der Waals surface area (Å²) < 4.78 is 0. The quantitative estimate of drug-likeness (QED) is 0.580. The van der Waals surface area contributed by atoms with Crippen LogP contribution in [-0.2, 0) is 11.3 Å². The maximum atomic E-state index is 11.9. The summed E-state index contributed by atoms with van der Waals surface area (Å²) in [4.78, 5) is 24.9.